The van der Waals surface area contributed by atoms with Gasteiger partial charge in [-0.1, -0.05) is 32.4 Å². The largest absolute Gasteiger partial charge is 0.441 e. The normalized spacial score (nSPS) is 20.8. The molecule has 0 bridgehead atoms. The Kier molecular flexibility index (Phi) is 5.23. The first-order chi connectivity index (χ1) is 10.6. The molecule has 1 aliphatic rings. The van der Waals surface area contributed by atoms with Gasteiger partial charge in [-0.3, -0.25) is 14.4 Å². The number of carbonyl (C=O) groups excluding carboxylic acids is 3. The lowest BCUT2D eigenvalue weighted by molar-refractivity contribution is -0.244. The summed E-state index contributed by atoms with van der Waals surface area (Å²) >= 11 is 0. The molecule has 1 fully saturated rings. The lowest BCUT2D eigenvalue weighted by Crippen LogP contribution is -2.66. The first-order valence-electron chi connectivity index (χ1n) is 7.41. The van der Waals surface area contributed by atoms with Crippen molar-refractivity contribution in [2.75, 3.05) is 0 Å². The highest BCUT2D eigenvalue weighted by atomic mass is 19.4. The van der Waals surface area contributed by atoms with Gasteiger partial charge >= 0.3 is 12.1 Å². The van der Waals surface area contributed by atoms with Crippen molar-refractivity contribution in [3.63, 3.8) is 0 Å². The van der Waals surface area contributed by atoms with Crippen molar-refractivity contribution < 1.29 is 32.3 Å². The summed E-state index contributed by atoms with van der Waals surface area (Å²) in [5.41, 5.74) is -4.18. The van der Waals surface area contributed by atoms with Crippen LogP contribution < -0.4 is 0 Å². The van der Waals surface area contributed by atoms with Crippen LogP contribution in [0.2, 0.25) is 0 Å². The highest BCUT2D eigenvalue weighted by Crippen LogP contribution is 2.54. The number of allylic oxidation sites excluding steroid dienone is 1. The van der Waals surface area contributed by atoms with Gasteiger partial charge in [0, 0.05) is 6.92 Å². The van der Waals surface area contributed by atoms with E-state index in [2.05, 4.69) is 0 Å². The number of hydrogen-bond acceptors (Lipinski definition) is 4. The summed E-state index contributed by atoms with van der Waals surface area (Å²) in [6, 6.07) is 0. The quantitative estimate of drug-likeness (QED) is 0.446. The summed E-state index contributed by atoms with van der Waals surface area (Å²) in [5.74, 6) is -3.00. The molecular weight excluding hydrogens is 327 g/mol. The molecule has 0 N–H and O–H groups in total. The van der Waals surface area contributed by atoms with E-state index >= 15 is 0 Å². The number of imide groups is 1. The average molecular weight is 349 g/mol. The molecule has 1 heterocycles. The Labute approximate surface area is 138 Å². The van der Waals surface area contributed by atoms with Crippen LogP contribution in [0.4, 0.5) is 13.2 Å². The zero-order valence-electron chi connectivity index (χ0n) is 14.6. The number of halogens is 3. The van der Waals surface area contributed by atoms with Gasteiger partial charge in [0.15, 0.2) is 11.6 Å². The fourth-order valence-electron chi connectivity index (χ4n) is 2.77. The third kappa shape index (κ3) is 3.32. The molecule has 1 aliphatic heterocycles. The molecule has 0 aromatic carbocycles. The van der Waals surface area contributed by atoms with Gasteiger partial charge in [0.05, 0.1) is 6.42 Å². The van der Waals surface area contributed by atoms with Crippen molar-refractivity contribution in [2.24, 2.45) is 10.8 Å². The van der Waals surface area contributed by atoms with Crippen LogP contribution in [0, 0.1) is 10.8 Å². The van der Waals surface area contributed by atoms with Gasteiger partial charge in [-0.25, -0.2) is 4.90 Å². The van der Waals surface area contributed by atoms with Crippen LogP contribution in [0.5, 0.6) is 0 Å². The fourth-order valence-corrected chi connectivity index (χ4v) is 2.77. The van der Waals surface area contributed by atoms with Gasteiger partial charge in [0.2, 0.25) is 5.91 Å². The van der Waals surface area contributed by atoms with Crippen LogP contribution in [0.1, 0.15) is 48.0 Å². The van der Waals surface area contributed by atoms with Gasteiger partial charge in [-0.15, -0.1) is 0 Å². The number of nitrogens with zero attached hydrogens (tertiary/aromatic N) is 1. The number of β-lactam (4-membered cyclic amide) rings is 1. The van der Waals surface area contributed by atoms with Crippen LogP contribution in [0.3, 0.4) is 0 Å². The van der Waals surface area contributed by atoms with E-state index in [0.717, 1.165) is 13.0 Å². The van der Waals surface area contributed by atoms with E-state index in [1.165, 1.54) is 34.6 Å². The molecule has 5 nitrogen and oxygen atoms in total. The molecule has 2 atom stereocenters. The Balaban J connectivity index is 3.49. The van der Waals surface area contributed by atoms with E-state index in [0.29, 0.717) is 4.90 Å². The average Bonchev–Trinajstić information content (AvgIpc) is 2.30. The van der Waals surface area contributed by atoms with Gasteiger partial charge in [0.1, 0.15) is 0 Å². The number of amides is 2. The van der Waals surface area contributed by atoms with Crippen molar-refractivity contribution in [2.45, 2.75) is 60.4 Å². The third-order valence-corrected chi connectivity index (χ3v) is 3.90. The van der Waals surface area contributed by atoms with Crippen LogP contribution >= 0.6 is 0 Å². The van der Waals surface area contributed by atoms with Crippen molar-refractivity contribution in [3.05, 3.63) is 11.6 Å². The molecular formula is C16H22F3NO4. The summed E-state index contributed by atoms with van der Waals surface area (Å²) < 4.78 is 46.8. The minimum atomic E-state index is -4.93. The van der Waals surface area contributed by atoms with Crippen molar-refractivity contribution in [1.29, 1.82) is 0 Å². The Hall–Kier alpha value is -1.86. The molecule has 0 saturated carbocycles. The summed E-state index contributed by atoms with van der Waals surface area (Å²) in [6.07, 6.45) is -5.70. The number of ether oxygens (including phenoxy) is 1. The first kappa shape index (κ1) is 20.2. The van der Waals surface area contributed by atoms with Crippen LogP contribution in [-0.2, 0) is 19.1 Å². The predicted octanol–water partition coefficient (Wildman–Crippen LogP) is 3.20. The number of esters is 1. The standard InChI is InChI=1S/C16H22F3NO4/c1-9(2)8-15(14(4,5)6,16(17,18)19)13(23)20-11(22)7-12(20)24-10(3)21/h8,12H,7H2,1-6H3. The fraction of sp³-hybridized carbons (Fsp3) is 0.688. The molecule has 0 spiro atoms. The monoisotopic (exact) mass is 349 g/mol. The maximum absolute atomic E-state index is 14.0. The Morgan fingerprint density at radius 3 is 1.96 bits per heavy atom. The molecule has 8 heteroatoms. The maximum atomic E-state index is 14.0. The lowest BCUT2D eigenvalue weighted by atomic mass is 9.63. The van der Waals surface area contributed by atoms with Gasteiger partial charge < -0.3 is 4.74 Å². The summed E-state index contributed by atoms with van der Waals surface area (Å²) in [4.78, 5) is 36.0. The highest BCUT2D eigenvalue weighted by Gasteiger charge is 2.68. The number of carbonyl (C=O) groups is 3. The maximum Gasteiger partial charge on any atom is 0.407 e. The molecule has 2 amide bonds. The zero-order valence-corrected chi connectivity index (χ0v) is 14.6. The van der Waals surface area contributed by atoms with Gasteiger partial charge in [-0.05, 0) is 19.3 Å². The summed E-state index contributed by atoms with van der Waals surface area (Å²) in [6.45, 7) is 7.79. The Morgan fingerprint density at radius 2 is 1.67 bits per heavy atom. The molecule has 0 aromatic rings. The number of hydrogen-bond donors (Lipinski definition) is 0. The van der Waals surface area contributed by atoms with Crippen LogP contribution in [0.25, 0.3) is 0 Å². The highest BCUT2D eigenvalue weighted by molar-refractivity contribution is 6.04. The molecule has 0 aliphatic carbocycles. The Morgan fingerprint density at radius 1 is 1.17 bits per heavy atom. The number of alkyl halides is 3. The smallest absolute Gasteiger partial charge is 0.407 e. The van der Waals surface area contributed by atoms with Crippen molar-refractivity contribution in [3.8, 4) is 0 Å². The predicted molar refractivity (Wildman–Crippen MR) is 79.4 cm³/mol. The van der Waals surface area contributed by atoms with E-state index in [-0.39, 0.29) is 12.0 Å². The minimum absolute atomic E-state index is 0.285. The van der Waals surface area contributed by atoms with Crippen molar-refractivity contribution in [1.82, 2.24) is 4.90 Å². The second-order valence-corrected chi connectivity index (χ2v) is 7.11. The Bertz CT molecular complexity index is 569. The van der Waals surface area contributed by atoms with Crippen LogP contribution in [-0.4, -0.2) is 35.1 Å². The summed E-state index contributed by atoms with van der Waals surface area (Å²) in [5, 5.41) is 0. The number of likely N-dealkylation sites (tertiary alicyclic amines) is 1. The second kappa shape index (κ2) is 6.22. The zero-order chi connectivity index (χ0) is 19.1. The molecule has 2 unspecified atom stereocenters. The van der Waals surface area contributed by atoms with E-state index < -0.39 is 41.0 Å². The van der Waals surface area contributed by atoms with E-state index in [1.54, 1.807) is 0 Å². The molecule has 0 radical (unpaired) electrons. The minimum Gasteiger partial charge on any atom is -0.441 e. The van der Waals surface area contributed by atoms with E-state index in [9.17, 15) is 27.6 Å². The number of rotatable bonds is 3. The summed E-state index contributed by atoms with van der Waals surface area (Å²) in [7, 11) is 0. The molecule has 0 aromatic heterocycles. The molecule has 1 rings (SSSR count). The van der Waals surface area contributed by atoms with Gasteiger partial charge in [-0.2, -0.15) is 13.2 Å². The SMILES string of the molecule is CC(=O)OC1CC(=O)N1C(=O)C(C=C(C)C)(C(C)(C)C)C(F)(F)F. The second-order valence-electron chi connectivity index (χ2n) is 7.11. The molecule has 136 valence electrons. The van der Waals surface area contributed by atoms with Crippen molar-refractivity contribution >= 4 is 17.8 Å². The molecule has 24 heavy (non-hydrogen) atoms. The lowest BCUT2D eigenvalue weighted by Gasteiger charge is -2.48. The van der Waals surface area contributed by atoms with E-state index in [1.807, 2.05) is 0 Å². The third-order valence-electron chi connectivity index (χ3n) is 3.90. The molecule has 1 saturated heterocycles. The van der Waals surface area contributed by atoms with E-state index in [4.69, 9.17) is 4.74 Å². The first-order valence-corrected chi connectivity index (χ1v) is 7.41. The topological polar surface area (TPSA) is 63.7 Å². The van der Waals surface area contributed by atoms with Crippen LogP contribution in [0.15, 0.2) is 11.6 Å². The van der Waals surface area contributed by atoms with Gasteiger partial charge in [0.25, 0.3) is 5.91 Å².